The number of hydrogen-bond acceptors (Lipinski definition) is 4. The van der Waals surface area contributed by atoms with E-state index >= 15 is 0 Å². The maximum Gasteiger partial charge on any atom is 0.320 e. The van der Waals surface area contributed by atoms with Gasteiger partial charge in [0.25, 0.3) is 0 Å². The predicted molar refractivity (Wildman–Crippen MR) is 50.7 cm³/mol. The Morgan fingerprint density at radius 3 is 2.80 bits per heavy atom. The van der Waals surface area contributed by atoms with Gasteiger partial charge < -0.3 is 4.74 Å². The number of carbonyl (C=O) groups excluding carboxylic acids is 3. The fourth-order valence-corrected chi connectivity index (χ4v) is 1.24. The molecule has 15 heavy (non-hydrogen) atoms. The summed E-state index contributed by atoms with van der Waals surface area (Å²) in [6.45, 7) is 1.35. The molecule has 0 radical (unpaired) electrons. The quantitative estimate of drug-likeness (QED) is 0.401. The number of hydrogen-bond donors (Lipinski definition) is 1. The third kappa shape index (κ3) is 3.09. The smallest absolute Gasteiger partial charge is 0.320 e. The van der Waals surface area contributed by atoms with Gasteiger partial charge in [0.15, 0.2) is 0 Å². The Hall–Kier alpha value is -1.30. The van der Waals surface area contributed by atoms with Gasteiger partial charge in [-0.15, -0.1) is 11.6 Å². The molecule has 1 aliphatic rings. The molecule has 1 N–H and O–H groups in total. The molecule has 0 bridgehead atoms. The molecular weight excluding hydrogens is 224 g/mol. The molecule has 84 valence electrons. The molecule has 1 atom stereocenters. The first-order valence-corrected chi connectivity index (χ1v) is 4.89. The van der Waals surface area contributed by atoms with Crippen molar-refractivity contribution >= 4 is 29.4 Å². The number of hydrazine groups is 1. The molecule has 1 heterocycles. The lowest BCUT2D eigenvalue weighted by atomic mass is 10.1. The van der Waals surface area contributed by atoms with Crippen LogP contribution in [-0.2, 0) is 19.1 Å². The van der Waals surface area contributed by atoms with Crippen LogP contribution in [0.3, 0.4) is 0 Å². The molecule has 2 amide bonds. The lowest BCUT2D eigenvalue weighted by molar-refractivity contribution is -0.163. The number of nitrogens with zero attached hydrogens (tertiary/aromatic N) is 1. The largest absolute Gasteiger partial charge is 0.463 e. The number of nitrogens with one attached hydrogen (secondary N) is 1. The van der Waals surface area contributed by atoms with Crippen molar-refractivity contribution in [1.82, 2.24) is 10.4 Å². The van der Waals surface area contributed by atoms with E-state index in [0.717, 1.165) is 5.01 Å². The molecule has 0 aromatic rings. The maximum absolute atomic E-state index is 11.0. The van der Waals surface area contributed by atoms with E-state index in [1.807, 2.05) is 0 Å². The first-order chi connectivity index (χ1) is 7.04. The van der Waals surface area contributed by atoms with Crippen LogP contribution >= 0.6 is 11.6 Å². The minimum Gasteiger partial charge on any atom is -0.463 e. The van der Waals surface area contributed by atoms with E-state index in [1.165, 1.54) is 6.92 Å². The Morgan fingerprint density at radius 1 is 1.67 bits per heavy atom. The molecule has 0 aromatic carbocycles. The van der Waals surface area contributed by atoms with Gasteiger partial charge in [-0.2, -0.15) is 0 Å². The maximum atomic E-state index is 11.0. The molecule has 1 aliphatic heterocycles. The average Bonchev–Trinajstić information content (AvgIpc) is 2.20. The standard InChI is InChI=1S/C8H11ClN2O4/c1-5(12)10-11-6(2-7(11)13)4-15-8(14)3-9/h6H,2-4H2,1H3,(H,10,12). The van der Waals surface area contributed by atoms with Gasteiger partial charge >= 0.3 is 5.97 Å². The monoisotopic (exact) mass is 234 g/mol. The molecule has 1 rings (SSSR count). The summed E-state index contributed by atoms with van der Waals surface area (Å²) < 4.78 is 4.74. The zero-order chi connectivity index (χ0) is 11.4. The Bertz CT molecular complexity index is 294. The summed E-state index contributed by atoms with van der Waals surface area (Å²) in [5, 5.41) is 1.16. The van der Waals surface area contributed by atoms with Crippen LogP contribution in [0, 0.1) is 0 Å². The van der Waals surface area contributed by atoms with Crippen molar-refractivity contribution in [3.8, 4) is 0 Å². The predicted octanol–water partition coefficient (Wildman–Crippen LogP) is -0.580. The SMILES string of the molecule is CC(=O)NN1C(=O)CC1COC(=O)CCl. The van der Waals surface area contributed by atoms with Crippen molar-refractivity contribution in [2.45, 2.75) is 19.4 Å². The topological polar surface area (TPSA) is 75.7 Å². The Kier molecular flexibility index (Phi) is 3.90. The number of carbonyl (C=O) groups is 3. The number of ether oxygens (including phenoxy) is 1. The van der Waals surface area contributed by atoms with Crippen LogP contribution in [0.2, 0.25) is 0 Å². The molecular formula is C8H11ClN2O4. The van der Waals surface area contributed by atoms with Crippen molar-refractivity contribution in [3.63, 3.8) is 0 Å². The van der Waals surface area contributed by atoms with Gasteiger partial charge in [-0.05, 0) is 0 Å². The van der Waals surface area contributed by atoms with Crippen LogP contribution < -0.4 is 5.43 Å². The van der Waals surface area contributed by atoms with E-state index < -0.39 is 5.97 Å². The summed E-state index contributed by atoms with van der Waals surface area (Å²) in [5.41, 5.74) is 2.34. The Labute approximate surface area is 91.5 Å². The van der Waals surface area contributed by atoms with Crippen molar-refractivity contribution < 1.29 is 19.1 Å². The zero-order valence-corrected chi connectivity index (χ0v) is 8.91. The van der Waals surface area contributed by atoms with Crippen LogP contribution in [-0.4, -0.2) is 41.3 Å². The van der Waals surface area contributed by atoms with Gasteiger partial charge in [0.2, 0.25) is 11.8 Å². The minimum absolute atomic E-state index is 0.0531. The first-order valence-electron chi connectivity index (χ1n) is 4.35. The normalized spacial score (nSPS) is 19.5. The van der Waals surface area contributed by atoms with Gasteiger partial charge in [-0.3, -0.25) is 19.8 Å². The first kappa shape index (κ1) is 11.8. The number of β-lactam (4-membered cyclic amide) rings is 1. The molecule has 0 aromatic heterocycles. The van der Waals surface area contributed by atoms with E-state index in [9.17, 15) is 14.4 Å². The molecule has 7 heteroatoms. The van der Waals surface area contributed by atoms with E-state index in [-0.39, 0.29) is 36.8 Å². The zero-order valence-electron chi connectivity index (χ0n) is 8.16. The minimum atomic E-state index is -0.543. The number of alkyl halides is 1. The summed E-state index contributed by atoms with van der Waals surface area (Å²) in [7, 11) is 0. The van der Waals surface area contributed by atoms with Crippen molar-refractivity contribution in [2.24, 2.45) is 0 Å². The van der Waals surface area contributed by atoms with E-state index in [4.69, 9.17) is 16.3 Å². The van der Waals surface area contributed by atoms with Gasteiger partial charge in [0.05, 0.1) is 12.5 Å². The fourth-order valence-electron chi connectivity index (χ4n) is 1.17. The summed E-state index contributed by atoms with van der Waals surface area (Å²) in [6.07, 6.45) is 0.260. The summed E-state index contributed by atoms with van der Waals surface area (Å²) >= 11 is 5.22. The molecule has 1 saturated heterocycles. The van der Waals surface area contributed by atoms with E-state index in [0.29, 0.717) is 0 Å². The second-order valence-corrected chi connectivity index (χ2v) is 3.37. The van der Waals surface area contributed by atoms with E-state index in [1.54, 1.807) is 0 Å². The highest BCUT2D eigenvalue weighted by Crippen LogP contribution is 2.16. The third-order valence-corrected chi connectivity index (χ3v) is 2.09. The van der Waals surface area contributed by atoms with Crippen LogP contribution in [0.5, 0.6) is 0 Å². The van der Waals surface area contributed by atoms with E-state index in [2.05, 4.69) is 5.43 Å². The van der Waals surface area contributed by atoms with Gasteiger partial charge in [-0.1, -0.05) is 0 Å². The number of amides is 2. The number of halogens is 1. The fraction of sp³-hybridized carbons (Fsp3) is 0.625. The molecule has 0 aliphatic carbocycles. The third-order valence-electron chi connectivity index (χ3n) is 1.87. The lowest BCUT2D eigenvalue weighted by Gasteiger charge is -2.39. The highest BCUT2D eigenvalue weighted by molar-refractivity contribution is 6.26. The Balaban J connectivity index is 2.34. The summed E-state index contributed by atoms with van der Waals surface area (Å²) in [4.78, 5) is 32.5. The van der Waals surface area contributed by atoms with Crippen molar-refractivity contribution in [1.29, 1.82) is 0 Å². The summed E-state index contributed by atoms with van der Waals surface area (Å²) in [6, 6.07) is -0.284. The molecule has 1 unspecified atom stereocenters. The molecule has 0 spiro atoms. The van der Waals surface area contributed by atoms with Crippen LogP contribution in [0.4, 0.5) is 0 Å². The second-order valence-electron chi connectivity index (χ2n) is 3.11. The van der Waals surface area contributed by atoms with Crippen molar-refractivity contribution in [2.75, 3.05) is 12.5 Å². The Morgan fingerprint density at radius 2 is 2.33 bits per heavy atom. The lowest BCUT2D eigenvalue weighted by Crippen LogP contribution is -2.62. The molecule has 1 fully saturated rings. The van der Waals surface area contributed by atoms with Crippen molar-refractivity contribution in [3.05, 3.63) is 0 Å². The summed E-state index contributed by atoms with van der Waals surface area (Å²) in [5.74, 6) is -1.30. The molecule has 0 saturated carbocycles. The van der Waals surface area contributed by atoms with Crippen LogP contribution in [0.1, 0.15) is 13.3 Å². The highest BCUT2D eigenvalue weighted by Gasteiger charge is 2.37. The van der Waals surface area contributed by atoms with Gasteiger partial charge in [-0.25, -0.2) is 5.01 Å². The average molecular weight is 235 g/mol. The van der Waals surface area contributed by atoms with Crippen LogP contribution in [0.15, 0.2) is 0 Å². The van der Waals surface area contributed by atoms with Gasteiger partial charge in [0, 0.05) is 6.92 Å². The number of rotatable bonds is 4. The molecule has 6 nitrogen and oxygen atoms in total. The number of esters is 1. The van der Waals surface area contributed by atoms with Gasteiger partial charge in [0.1, 0.15) is 12.5 Å². The van der Waals surface area contributed by atoms with Crippen LogP contribution in [0.25, 0.3) is 0 Å². The second kappa shape index (κ2) is 4.97. The highest BCUT2D eigenvalue weighted by atomic mass is 35.5.